The largest absolute Gasteiger partial charge is 0.368 e. The second-order valence-electron chi connectivity index (χ2n) is 7.15. The van der Waals surface area contributed by atoms with Gasteiger partial charge in [0.25, 0.3) is 0 Å². The number of aromatic nitrogens is 4. The fourth-order valence-electron chi connectivity index (χ4n) is 3.56. The summed E-state index contributed by atoms with van der Waals surface area (Å²) in [5.74, 6) is 1.37. The van der Waals surface area contributed by atoms with Crippen molar-refractivity contribution in [1.82, 2.24) is 24.8 Å². The van der Waals surface area contributed by atoms with E-state index in [1.54, 1.807) is 0 Å². The van der Waals surface area contributed by atoms with Crippen LogP contribution >= 0.6 is 0 Å². The molecule has 2 aliphatic rings. The van der Waals surface area contributed by atoms with Crippen LogP contribution in [0, 0.1) is 6.92 Å². The fraction of sp³-hybridized carbons (Fsp3) is 0.421. The number of piperazine rings is 1. The first-order valence-corrected chi connectivity index (χ1v) is 9.31. The van der Waals surface area contributed by atoms with E-state index in [0.29, 0.717) is 12.0 Å². The Morgan fingerprint density at radius 2 is 1.96 bits per heavy atom. The molecule has 0 aromatic carbocycles. The van der Waals surface area contributed by atoms with Gasteiger partial charge >= 0.3 is 0 Å². The molecule has 0 spiro atoms. The number of aryl methyl sites for hydroxylation is 1. The number of nitrogens with one attached hydrogen (secondary N) is 2. The minimum atomic E-state index is 0.597. The van der Waals surface area contributed by atoms with Crippen LogP contribution in [0.4, 0.5) is 17.5 Å². The number of hydrogen-bond donors (Lipinski definition) is 2. The van der Waals surface area contributed by atoms with Gasteiger partial charge in [0.1, 0.15) is 11.5 Å². The highest BCUT2D eigenvalue weighted by Gasteiger charge is 2.26. The molecular weight excluding hydrogens is 326 g/mol. The SMILES string of the molecule is Cc1cn(C2CC2)c2nc(Nc3ccc(N4CCNCC4)cn3)ncc12. The van der Waals surface area contributed by atoms with E-state index in [9.17, 15) is 0 Å². The number of hydrogen-bond acceptors (Lipinski definition) is 6. The second-order valence-corrected chi connectivity index (χ2v) is 7.15. The Morgan fingerprint density at radius 3 is 2.69 bits per heavy atom. The van der Waals surface area contributed by atoms with Gasteiger partial charge in [-0.05, 0) is 37.5 Å². The lowest BCUT2D eigenvalue weighted by Crippen LogP contribution is -2.43. The quantitative estimate of drug-likeness (QED) is 0.754. The molecule has 5 rings (SSSR count). The summed E-state index contributed by atoms with van der Waals surface area (Å²) in [6.45, 7) is 6.20. The smallest absolute Gasteiger partial charge is 0.230 e. The van der Waals surface area contributed by atoms with Crippen molar-refractivity contribution < 1.29 is 0 Å². The Labute approximate surface area is 152 Å². The van der Waals surface area contributed by atoms with Crippen molar-refractivity contribution in [3.8, 4) is 0 Å². The van der Waals surface area contributed by atoms with Crippen LogP contribution in [0.15, 0.2) is 30.7 Å². The van der Waals surface area contributed by atoms with Crippen LogP contribution < -0.4 is 15.5 Å². The Hall–Kier alpha value is -2.67. The minimum Gasteiger partial charge on any atom is -0.368 e. The maximum Gasteiger partial charge on any atom is 0.230 e. The van der Waals surface area contributed by atoms with Crippen molar-refractivity contribution in [2.45, 2.75) is 25.8 Å². The molecule has 26 heavy (non-hydrogen) atoms. The lowest BCUT2D eigenvalue weighted by atomic mass is 10.3. The lowest BCUT2D eigenvalue weighted by molar-refractivity contribution is 0.589. The molecule has 0 bridgehead atoms. The van der Waals surface area contributed by atoms with Crippen molar-refractivity contribution in [3.05, 3.63) is 36.3 Å². The molecule has 0 unspecified atom stereocenters. The van der Waals surface area contributed by atoms with Crippen LogP contribution in [0.3, 0.4) is 0 Å². The van der Waals surface area contributed by atoms with Crippen LogP contribution in [0.2, 0.25) is 0 Å². The first-order valence-electron chi connectivity index (χ1n) is 9.31. The van der Waals surface area contributed by atoms with Gasteiger partial charge in [-0.1, -0.05) is 0 Å². The maximum absolute atomic E-state index is 4.75. The van der Waals surface area contributed by atoms with E-state index >= 15 is 0 Å². The summed E-state index contributed by atoms with van der Waals surface area (Å²) in [4.78, 5) is 16.1. The van der Waals surface area contributed by atoms with Gasteiger partial charge in [-0.2, -0.15) is 4.98 Å². The number of pyridine rings is 1. The number of anilines is 3. The zero-order chi connectivity index (χ0) is 17.5. The van der Waals surface area contributed by atoms with Crippen molar-refractivity contribution in [2.24, 2.45) is 0 Å². The molecule has 7 heteroatoms. The van der Waals surface area contributed by atoms with E-state index in [1.807, 2.05) is 18.5 Å². The molecule has 1 saturated carbocycles. The topological polar surface area (TPSA) is 70.9 Å². The van der Waals surface area contributed by atoms with Crippen LogP contribution in [0.25, 0.3) is 11.0 Å². The first-order chi connectivity index (χ1) is 12.8. The second kappa shape index (κ2) is 6.25. The highest BCUT2D eigenvalue weighted by atomic mass is 15.2. The van der Waals surface area contributed by atoms with Gasteiger partial charge in [-0.3, -0.25) is 0 Å². The van der Waals surface area contributed by atoms with E-state index in [0.717, 1.165) is 48.7 Å². The Bertz CT molecular complexity index is 921. The average Bonchev–Trinajstić information content (AvgIpc) is 3.47. The molecule has 0 amide bonds. The van der Waals surface area contributed by atoms with E-state index < -0.39 is 0 Å². The van der Waals surface area contributed by atoms with Crippen molar-refractivity contribution in [1.29, 1.82) is 0 Å². The van der Waals surface area contributed by atoms with E-state index in [1.165, 1.54) is 18.4 Å². The highest BCUT2D eigenvalue weighted by Crippen LogP contribution is 2.38. The van der Waals surface area contributed by atoms with Crippen LogP contribution in [-0.4, -0.2) is 45.7 Å². The van der Waals surface area contributed by atoms with Gasteiger partial charge in [0.05, 0.1) is 11.9 Å². The predicted molar refractivity (Wildman–Crippen MR) is 103 cm³/mol. The van der Waals surface area contributed by atoms with E-state index in [2.05, 4.69) is 49.3 Å². The Morgan fingerprint density at radius 1 is 1.12 bits per heavy atom. The van der Waals surface area contributed by atoms with Gasteiger partial charge in [-0.15, -0.1) is 0 Å². The third-order valence-electron chi connectivity index (χ3n) is 5.18. The summed E-state index contributed by atoms with van der Waals surface area (Å²) < 4.78 is 2.29. The van der Waals surface area contributed by atoms with Crippen LogP contribution in [-0.2, 0) is 0 Å². The first kappa shape index (κ1) is 15.6. The molecule has 0 atom stereocenters. The molecule has 2 fully saturated rings. The molecule has 1 aliphatic heterocycles. The number of rotatable bonds is 4. The summed E-state index contributed by atoms with van der Waals surface area (Å²) in [6, 6.07) is 4.71. The Balaban J connectivity index is 1.38. The molecular formula is C19H23N7. The number of nitrogens with zero attached hydrogens (tertiary/aromatic N) is 5. The van der Waals surface area contributed by atoms with Crippen LogP contribution in [0.5, 0.6) is 0 Å². The summed E-state index contributed by atoms with van der Waals surface area (Å²) in [5.41, 5.74) is 3.41. The van der Waals surface area contributed by atoms with Gasteiger partial charge < -0.3 is 20.1 Å². The molecule has 2 N–H and O–H groups in total. The fourth-order valence-corrected chi connectivity index (χ4v) is 3.56. The third-order valence-corrected chi connectivity index (χ3v) is 5.18. The standard InChI is InChI=1S/C19H23N7/c1-13-12-26(14-2-3-14)18-16(13)11-22-19(24-18)23-17-5-4-15(10-21-17)25-8-6-20-7-9-25/h4-5,10-12,14,20H,2-3,6-9H2,1H3,(H,21,22,23,24). The van der Waals surface area contributed by atoms with Gasteiger partial charge in [0.2, 0.25) is 5.95 Å². The molecule has 1 saturated heterocycles. The van der Waals surface area contributed by atoms with Crippen molar-refractivity contribution in [3.63, 3.8) is 0 Å². The zero-order valence-electron chi connectivity index (χ0n) is 14.9. The van der Waals surface area contributed by atoms with Crippen molar-refractivity contribution in [2.75, 3.05) is 36.4 Å². The van der Waals surface area contributed by atoms with Crippen molar-refractivity contribution >= 4 is 28.5 Å². The van der Waals surface area contributed by atoms with E-state index in [-0.39, 0.29) is 0 Å². The van der Waals surface area contributed by atoms with Gasteiger partial charge in [-0.25, -0.2) is 9.97 Å². The summed E-state index contributed by atoms with van der Waals surface area (Å²) in [5, 5.41) is 7.74. The summed E-state index contributed by atoms with van der Waals surface area (Å²) in [6.07, 6.45) is 8.51. The molecule has 3 aromatic heterocycles. The minimum absolute atomic E-state index is 0.597. The Kier molecular flexibility index (Phi) is 3.74. The van der Waals surface area contributed by atoms with E-state index in [4.69, 9.17) is 4.98 Å². The van der Waals surface area contributed by atoms with Gasteiger partial charge in [0, 0.05) is 50.0 Å². The molecule has 1 aliphatic carbocycles. The number of fused-ring (bicyclic) bond motifs is 1. The molecule has 4 heterocycles. The zero-order valence-corrected chi connectivity index (χ0v) is 14.9. The lowest BCUT2D eigenvalue weighted by Gasteiger charge is -2.29. The monoisotopic (exact) mass is 349 g/mol. The summed E-state index contributed by atoms with van der Waals surface area (Å²) >= 11 is 0. The molecule has 0 radical (unpaired) electrons. The predicted octanol–water partition coefficient (Wildman–Crippen LogP) is 2.62. The molecule has 3 aromatic rings. The van der Waals surface area contributed by atoms with Gasteiger partial charge in [0.15, 0.2) is 0 Å². The molecule has 134 valence electrons. The highest BCUT2D eigenvalue weighted by molar-refractivity contribution is 5.81. The third kappa shape index (κ3) is 2.88. The maximum atomic E-state index is 4.75. The summed E-state index contributed by atoms with van der Waals surface area (Å²) in [7, 11) is 0. The molecule has 7 nitrogen and oxygen atoms in total. The normalized spacial score (nSPS) is 17.7. The average molecular weight is 349 g/mol. The van der Waals surface area contributed by atoms with Crippen LogP contribution in [0.1, 0.15) is 24.4 Å².